The monoisotopic (exact) mass is 364 g/mol. The van der Waals surface area contributed by atoms with Crippen LogP contribution in [-0.4, -0.2) is 11.1 Å². The summed E-state index contributed by atoms with van der Waals surface area (Å²) < 4.78 is 31.5. The summed E-state index contributed by atoms with van der Waals surface area (Å²) in [7, 11) is 0. The molecule has 1 aromatic heterocycles. The van der Waals surface area contributed by atoms with Crippen molar-refractivity contribution in [1.29, 1.82) is 0 Å². The number of nitrogens with zero attached hydrogens (tertiary/aromatic N) is 1. The van der Waals surface area contributed by atoms with Crippen molar-refractivity contribution in [1.82, 2.24) is 10.5 Å². The highest BCUT2D eigenvalue weighted by Crippen LogP contribution is 2.25. The molecule has 1 N–H and O–H groups in total. The number of carbonyl (C=O) groups excluding carboxylic acids is 1. The van der Waals surface area contributed by atoms with Gasteiger partial charge in [0.1, 0.15) is 5.69 Å². The van der Waals surface area contributed by atoms with E-state index in [0.717, 1.165) is 28.5 Å². The van der Waals surface area contributed by atoms with Crippen LogP contribution >= 0.6 is 0 Å². The summed E-state index contributed by atoms with van der Waals surface area (Å²) in [5.74, 6) is -2.01. The number of hydrogen-bond donors (Lipinski definition) is 1. The molecular weight excluding hydrogens is 350 g/mol. The molecule has 1 amide bonds. The highest BCUT2D eigenvalue weighted by atomic mass is 19.2. The Kier molecular flexibility index (Phi) is 4.38. The number of hydrogen-bond acceptors (Lipinski definition) is 3. The fourth-order valence-corrected chi connectivity index (χ4v) is 2.78. The number of amides is 1. The number of benzene rings is 3. The lowest BCUT2D eigenvalue weighted by molar-refractivity contribution is 0.0949. The second kappa shape index (κ2) is 6.99. The molecule has 27 heavy (non-hydrogen) atoms. The SMILES string of the molecule is O=C(NCc1cc(-c2ccc3ccccc3c2)on1)c1ccc(F)c(F)c1. The number of rotatable bonds is 4. The molecule has 6 heteroatoms. The van der Waals surface area contributed by atoms with Gasteiger partial charge in [0, 0.05) is 17.2 Å². The van der Waals surface area contributed by atoms with Crippen molar-refractivity contribution in [3.63, 3.8) is 0 Å². The molecule has 4 rings (SSSR count). The van der Waals surface area contributed by atoms with Gasteiger partial charge in [-0.05, 0) is 35.0 Å². The van der Waals surface area contributed by atoms with Gasteiger partial charge in [-0.3, -0.25) is 4.79 Å². The molecule has 0 saturated carbocycles. The molecule has 3 aromatic carbocycles. The highest BCUT2D eigenvalue weighted by Gasteiger charge is 2.12. The zero-order valence-electron chi connectivity index (χ0n) is 14.1. The maximum absolute atomic E-state index is 13.2. The Balaban J connectivity index is 1.47. The van der Waals surface area contributed by atoms with E-state index in [1.807, 2.05) is 42.5 Å². The quantitative estimate of drug-likeness (QED) is 0.571. The minimum absolute atomic E-state index is 0.0344. The Morgan fingerprint density at radius 3 is 2.56 bits per heavy atom. The first-order valence-electron chi connectivity index (χ1n) is 8.28. The molecule has 1 heterocycles. The second-order valence-corrected chi connectivity index (χ2v) is 6.06. The third-order valence-electron chi connectivity index (χ3n) is 4.20. The van der Waals surface area contributed by atoms with Gasteiger partial charge in [-0.2, -0.15) is 0 Å². The summed E-state index contributed by atoms with van der Waals surface area (Å²) >= 11 is 0. The zero-order chi connectivity index (χ0) is 18.8. The van der Waals surface area contributed by atoms with Crippen LogP contribution in [0.3, 0.4) is 0 Å². The summed E-state index contributed by atoms with van der Waals surface area (Å²) in [6, 6.07) is 18.6. The van der Waals surface area contributed by atoms with Gasteiger partial charge in [0.2, 0.25) is 0 Å². The van der Waals surface area contributed by atoms with E-state index in [0.29, 0.717) is 11.5 Å². The molecular formula is C21H14F2N2O2. The van der Waals surface area contributed by atoms with Crippen LogP contribution < -0.4 is 5.32 Å². The predicted octanol–water partition coefficient (Wildman–Crippen LogP) is 4.70. The summed E-state index contributed by atoms with van der Waals surface area (Å²) in [5, 5.41) is 8.76. The van der Waals surface area contributed by atoms with Crippen molar-refractivity contribution in [2.24, 2.45) is 0 Å². The second-order valence-electron chi connectivity index (χ2n) is 6.06. The van der Waals surface area contributed by atoms with E-state index in [9.17, 15) is 13.6 Å². The first kappa shape index (κ1) is 16.9. The van der Waals surface area contributed by atoms with Gasteiger partial charge in [0.05, 0.1) is 6.54 Å². The maximum atomic E-state index is 13.2. The van der Waals surface area contributed by atoms with Crippen molar-refractivity contribution in [3.05, 3.63) is 89.6 Å². The van der Waals surface area contributed by atoms with Crippen LogP contribution in [0.15, 0.2) is 71.3 Å². The molecule has 0 aliphatic rings. The van der Waals surface area contributed by atoms with Gasteiger partial charge < -0.3 is 9.84 Å². The molecule has 0 spiro atoms. The molecule has 0 aliphatic heterocycles. The summed E-state index contributed by atoms with van der Waals surface area (Å²) in [5.41, 5.74) is 1.43. The Hall–Kier alpha value is -3.54. The molecule has 4 aromatic rings. The molecule has 0 radical (unpaired) electrons. The maximum Gasteiger partial charge on any atom is 0.251 e. The molecule has 0 aliphatic carbocycles. The first-order chi connectivity index (χ1) is 13.1. The minimum Gasteiger partial charge on any atom is -0.356 e. The van der Waals surface area contributed by atoms with E-state index in [1.165, 1.54) is 6.07 Å². The van der Waals surface area contributed by atoms with Gasteiger partial charge in [-0.25, -0.2) is 8.78 Å². The van der Waals surface area contributed by atoms with E-state index < -0.39 is 17.5 Å². The van der Waals surface area contributed by atoms with Crippen LogP contribution in [0.2, 0.25) is 0 Å². The Bertz CT molecular complexity index is 1140. The van der Waals surface area contributed by atoms with Gasteiger partial charge in [-0.15, -0.1) is 0 Å². The third-order valence-corrected chi connectivity index (χ3v) is 4.20. The van der Waals surface area contributed by atoms with E-state index in [1.54, 1.807) is 6.07 Å². The highest BCUT2D eigenvalue weighted by molar-refractivity contribution is 5.94. The molecule has 4 nitrogen and oxygen atoms in total. The standard InChI is InChI=1S/C21H14F2N2O2/c22-18-8-7-16(10-19(18)23)21(26)24-12-17-11-20(27-25-17)15-6-5-13-3-1-2-4-14(13)9-15/h1-11H,12H2,(H,24,26). The number of aromatic nitrogens is 1. The average Bonchev–Trinajstić information content (AvgIpc) is 3.17. The minimum atomic E-state index is -1.07. The van der Waals surface area contributed by atoms with E-state index in [-0.39, 0.29) is 12.1 Å². The lowest BCUT2D eigenvalue weighted by atomic mass is 10.1. The number of nitrogens with one attached hydrogen (secondary N) is 1. The van der Waals surface area contributed by atoms with Crippen LogP contribution in [0.4, 0.5) is 8.78 Å². The molecule has 0 saturated heterocycles. The van der Waals surface area contributed by atoms with Crippen LogP contribution in [0, 0.1) is 11.6 Å². The van der Waals surface area contributed by atoms with Crippen molar-refractivity contribution in [2.45, 2.75) is 6.54 Å². The summed E-state index contributed by atoms with van der Waals surface area (Å²) in [4.78, 5) is 12.0. The smallest absolute Gasteiger partial charge is 0.251 e. The molecule has 134 valence electrons. The Morgan fingerprint density at radius 1 is 0.926 bits per heavy atom. The lowest BCUT2D eigenvalue weighted by Crippen LogP contribution is -2.23. The molecule has 0 bridgehead atoms. The Labute approximate surface area is 153 Å². The average molecular weight is 364 g/mol. The van der Waals surface area contributed by atoms with E-state index in [2.05, 4.69) is 10.5 Å². The van der Waals surface area contributed by atoms with Crippen LogP contribution in [0.1, 0.15) is 16.1 Å². The molecule has 0 unspecified atom stereocenters. The number of fused-ring (bicyclic) bond motifs is 1. The van der Waals surface area contributed by atoms with Gasteiger partial charge in [-0.1, -0.05) is 41.6 Å². The lowest BCUT2D eigenvalue weighted by Gasteiger charge is -2.03. The van der Waals surface area contributed by atoms with Gasteiger partial charge >= 0.3 is 0 Å². The predicted molar refractivity (Wildman–Crippen MR) is 97.0 cm³/mol. The summed E-state index contributed by atoms with van der Waals surface area (Å²) in [6.45, 7) is 0.106. The van der Waals surface area contributed by atoms with Gasteiger partial charge in [0.25, 0.3) is 5.91 Å². The van der Waals surface area contributed by atoms with E-state index >= 15 is 0 Å². The molecule has 0 atom stereocenters. The van der Waals surface area contributed by atoms with Crippen molar-refractivity contribution in [3.8, 4) is 11.3 Å². The van der Waals surface area contributed by atoms with Crippen LogP contribution in [-0.2, 0) is 6.54 Å². The number of carbonyl (C=O) groups is 1. The third kappa shape index (κ3) is 3.55. The largest absolute Gasteiger partial charge is 0.356 e. The topological polar surface area (TPSA) is 55.1 Å². The fraction of sp³-hybridized carbons (Fsp3) is 0.0476. The normalized spacial score (nSPS) is 10.9. The van der Waals surface area contributed by atoms with E-state index in [4.69, 9.17) is 4.52 Å². The van der Waals surface area contributed by atoms with Crippen molar-refractivity contribution in [2.75, 3.05) is 0 Å². The van der Waals surface area contributed by atoms with Crippen LogP contribution in [0.25, 0.3) is 22.1 Å². The summed E-state index contributed by atoms with van der Waals surface area (Å²) in [6.07, 6.45) is 0. The number of halogens is 2. The van der Waals surface area contributed by atoms with Crippen molar-refractivity contribution >= 4 is 16.7 Å². The van der Waals surface area contributed by atoms with Crippen molar-refractivity contribution < 1.29 is 18.1 Å². The first-order valence-corrected chi connectivity index (χ1v) is 8.28. The Morgan fingerprint density at radius 2 is 1.74 bits per heavy atom. The van der Waals surface area contributed by atoms with Gasteiger partial charge in [0.15, 0.2) is 17.4 Å². The fourth-order valence-electron chi connectivity index (χ4n) is 2.78. The zero-order valence-corrected chi connectivity index (χ0v) is 14.1. The molecule has 0 fully saturated rings. The van der Waals surface area contributed by atoms with Crippen LogP contribution in [0.5, 0.6) is 0 Å².